The number of amides is 1. The summed E-state index contributed by atoms with van der Waals surface area (Å²) < 4.78 is 50.2. The zero-order valence-corrected chi connectivity index (χ0v) is 25.6. The second kappa shape index (κ2) is 14.5. The van der Waals surface area contributed by atoms with Crippen LogP contribution < -0.4 is 29.9 Å². The summed E-state index contributed by atoms with van der Waals surface area (Å²) in [6, 6.07) is 16.3. The SMILES string of the molecule is CCCOc1cccc(Oc2cc3c(cc2NS(=O)(=O)c2cccc(OC/C=C/CCCNC(=O)O)c2)n(C)c(=O)n3C)c1. The lowest BCUT2D eigenvalue weighted by Gasteiger charge is -2.15. The molecule has 0 aliphatic carbocycles. The smallest absolute Gasteiger partial charge is 0.404 e. The first-order valence-electron chi connectivity index (χ1n) is 14.1. The predicted octanol–water partition coefficient (Wildman–Crippen LogP) is 5.24. The van der Waals surface area contributed by atoms with E-state index in [4.69, 9.17) is 19.3 Å². The first kappa shape index (κ1) is 32.0. The van der Waals surface area contributed by atoms with Crippen LogP contribution in [0.2, 0.25) is 0 Å². The maximum atomic E-state index is 13.6. The van der Waals surface area contributed by atoms with Crippen molar-refractivity contribution in [3.8, 4) is 23.0 Å². The van der Waals surface area contributed by atoms with Crippen LogP contribution >= 0.6 is 0 Å². The van der Waals surface area contributed by atoms with Gasteiger partial charge in [-0.15, -0.1) is 0 Å². The lowest BCUT2D eigenvalue weighted by Crippen LogP contribution is -2.21. The first-order valence-corrected chi connectivity index (χ1v) is 15.5. The molecule has 12 nitrogen and oxygen atoms in total. The molecule has 0 fully saturated rings. The number of carbonyl (C=O) groups is 1. The molecule has 1 aromatic heterocycles. The van der Waals surface area contributed by atoms with Crippen molar-refractivity contribution in [1.29, 1.82) is 0 Å². The Hall–Kier alpha value is -4.91. The summed E-state index contributed by atoms with van der Waals surface area (Å²) in [6.07, 6.45) is 4.75. The fourth-order valence-corrected chi connectivity index (χ4v) is 5.44. The second-order valence-corrected chi connectivity index (χ2v) is 11.6. The van der Waals surface area contributed by atoms with E-state index in [9.17, 15) is 18.0 Å². The molecule has 0 aliphatic heterocycles. The first-order chi connectivity index (χ1) is 21.1. The molecule has 0 radical (unpaired) electrons. The van der Waals surface area contributed by atoms with E-state index in [0.29, 0.717) is 54.3 Å². The molecular formula is C31H36N4O8S. The quantitative estimate of drug-likeness (QED) is 0.120. The van der Waals surface area contributed by atoms with Gasteiger partial charge in [-0.2, -0.15) is 0 Å². The topological polar surface area (TPSA) is 150 Å². The Morgan fingerprint density at radius 1 is 0.932 bits per heavy atom. The monoisotopic (exact) mass is 624 g/mol. The van der Waals surface area contributed by atoms with Gasteiger partial charge < -0.3 is 24.6 Å². The van der Waals surface area contributed by atoms with Gasteiger partial charge in [0.15, 0.2) is 5.75 Å². The number of ether oxygens (including phenoxy) is 3. The number of aryl methyl sites for hydroxylation is 2. The Kier molecular flexibility index (Phi) is 10.6. The van der Waals surface area contributed by atoms with E-state index in [0.717, 1.165) is 6.42 Å². The van der Waals surface area contributed by atoms with Crippen molar-refractivity contribution in [3.05, 3.63) is 83.3 Å². The van der Waals surface area contributed by atoms with Gasteiger partial charge in [0.05, 0.1) is 28.2 Å². The minimum absolute atomic E-state index is 0.0262. The highest BCUT2D eigenvalue weighted by molar-refractivity contribution is 7.92. The number of imidazole rings is 1. The van der Waals surface area contributed by atoms with Gasteiger partial charge >= 0.3 is 11.8 Å². The number of sulfonamides is 1. The molecule has 13 heteroatoms. The number of unbranched alkanes of at least 4 members (excludes halogenated alkanes) is 1. The third-order valence-corrected chi connectivity index (χ3v) is 7.94. The average molecular weight is 625 g/mol. The predicted molar refractivity (Wildman–Crippen MR) is 168 cm³/mol. The van der Waals surface area contributed by atoms with Gasteiger partial charge in [0.25, 0.3) is 10.0 Å². The summed E-state index contributed by atoms with van der Waals surface area (Å²) in [5, 5.41) is 10.9. The molecule has 0 saturated carbocycles. The van der Waals surface area contributed by atoms with Crippen LogP contribution in [-0.2, 0) is 24.1 Å². The standard InChI is InChI=1S/C31H36N4O8S/c1-4-16-41-22-11-9-13-24(18-22)43-29-21-28-27(34(2)31(38)35(28)3)20-26(29)33-44(39,40)25-14-10-12-23(19-25)42-17-8-6-5-7-15-32-30(36)37/h6,8-14,18-21,32-33H,4-5,7,15-17H2,1-3H3,(H,36,37)/b8-6+. The minimum Gasteiger partial charge on any atom is -0.493 e. The molecule has 0 bridgehead atoms. The minimum atomic E-state index is -4.11. The number of benzene rings is 3. The van der Waals surface area contributed by atoms with E-state index >= 15 is 0 Å². The highest BCUT2D eigenvalue weighted by Crippen LogP contribution is 2.36. The van der Waals surface area contributed by atoms with Crippen LogP contribution in [0.4, 0.5) is 10.5 Å². The van der Waals surface area contributed by atoms with E-state index in [2.05, 4.69) is 10.0 Å². The molecule has 4 aromatic rings. The van der Waals surface area contributed by atoms with Crippen molar-refractivity contribution in [2.75, 3.05) is 24.5 Å². The van der Waals surface area contributed by atoms with Gasteiger partial charge in [0, 0.05) is 38.8 Å². The number of allylic oxidation sites excluding steroid dienone is 1. The fraction of sp³-hybridized carbons (Fsp3) is 0.290. The Bertz CT molecular complexity index is 1810. The van der Waals surface area contributed by atoms with Crippen molar-refractivity contribution in [1.82, 2.24) is 14.5 Å². The highest BCUT2D eigenvalue weighted by Gasteiger charge is 2.21. The van der Waals surface area contributed by atoms with Crippen molar-refractivity contribution < 1.29 is 32.5 Å². The Morgan fingerprint density at radius 3 is 2.34 bits per heavy atom. The van der Waals surface area contributed by atoms with Crippen LogP contribution in [-0.4, -0.2) is 48.5 Å². The Balaban J connectivity index is 1.56. The number of hydrogen-bond acceptors (Lipinski definition) is 7. The fourth-order valence-electron chi connectivity index (χ4n) is 4.34. The molecule has 1 amide bonds. The lowest BCUT2D eigenvalue weighted by molar-refractivity contribution is 0.194. The molecule has 3 aromatic carbocycles. The number of anilines is 1. The number of carboxylic acid groups (broad SMARTS) is 1. The summed E-state index contributed by atoms with van der Waals surface area (Å²) >= 11 is 0. The molecule has 0 atom stereocenters. The van der Waals surface area contributed by atoms with Crippen molar-refractivity contribution in [2.45, 2.75) is 31.1 Å². The average Bonchev–Trinajstić information content (AvgIpc) is 3.20. The van der Waals surface area contributed by atoms with Gasteiger partial charge in [-0.25, -0.2) is 18.0 Å². The van der Waals surface area contributed by atoms with Crippen molar-refractivity contribution in [2.24, 2.45) is 14.1 Å². The number of fused-ring (bicyclic) bond motifs is 1. The lowest BCUT2D eigenvalue weighted by atomic mass is 10.2. The van der Waals surface area contributed by atoms with E-state index in [-0.39, 0.29) is 28.6 Å². The van der Waals surface area contributed by atoms with Crippen LogP contribution in [0.15, 0.2) is 82.5 Å². The molecule has 0 aliphatic rings. The molecule has 0 unspecified atom stereocenters. The van der Waals surface area contributed by atoms with Crippen molar-refractivity contribution >= 4 is 32.8 Å². The molecule has 44 heavy (non-hydrogen) atoms. The number of nitrogens with one attached hydrogen (secondary N) is 2. The largest absolute Gasteiger partial charge is 0.493 e. The Labute approximate surface area is 255 Å². The summed E-state index contributed by atoms with van der Waals surface area (Å²) in [6.45, 7) is 3.11. The number of aromatic nitrogens is 2. The maximum absolute atomic E-state index is 13.6. The van der Waals surface area contributed by atoms with Crippen LogP contribution in [0.5, 0.6) is 23.0 Å². The highest BCUT2D eigenvalue weighted by atomic mass is 32.2. The third kappa shape index (κ3) is 8.13. The number of nitrogens with zero attached hydrogens (tertiary/aromatic N) is 2. The number of hydrogen-bond donors (Lipinski definition) is 3. The molecule has 1 heterocycles. The van der Waals surface area contributed by atoms with Gasteiger partial charge in [0.1, 0.15) is 23.9 Å². The van der Waals surface area contributed by atoms with Gasteiger partial charge in [-0.1, -0.05) is 31.2 Å². The van der Waals surface area contributed by atoms with E-state index in [1.807, 2.05) is 13.0 Å². The van der Waals surface area contributed by atoms with Crippen molar-refractivity contribution in [3.63, 3.8) is 0 Å². The molecule has 0 spiro atoms. The molecule has 3 N–H and O–H groups in total. The Morgan fingerprint density at radius 2 is 1.61 bits per heavy atom. The van der Waals surface area contributed by atoms with E-state index in [1.165, 1.54) is 21.3 Å². The van der Waals surface area contributed by atoms with Crippen LogP contribution in [0, 0.1) is 0 Å². The van der Waals surface area contributed by atoms with E-state index in [1.54, 1.807) is 68.7 Å². The summed E-state index contributed by atoms with van der Waals surface area (Å²) in [5.74, 6) is 1.60. The molecule has 0 saturated heterocycles. The maximum Gasteiger partial charge on any atom is 0.404 e. The summed E-state index contributed by atoms with van der Waals surface area (Å²) in [5.41, 5.74) is 0.961. The third-order valence-electron chi connectivity index (χ3n) is 6.58. The summed E-state index contributed by atoms with van der Waals surface area (Å²) in [7, 11) is -0.865. The summed E-state index contributed by atoms with van der Waals surface area (Å²) in [4.78, 5) is 23.1. The second-order valence-electron chi connectivity index (χ2n) is 9.90. The van der Waals surface area contributed by atoms with Gasteiger partial charge in [-0.3, -0.25) is 13.9 Å². The van der Waals surface area contributed by atoms with Gasteiger partial charge in [0.2, 0.25) is 0 Å². The van der Waals surface area contributed by atoms with Gasteiger partial charge in [-0.05, 0) is 49.6 Å². The zero-order chi connectivity index (χ0) is 31.7. The molecule has 234 valence electrons. The van der Waals surface area contributed by atoms with Crippen LogP contribution in [0.25, 0.3) is 11.0 Å². The molecule has 4 rings (SSSR count). The normalized spacial score (nSPS) is 11.5. The molecular weight excluding hydrogens is 588 g/mol. The van der Waals surface area contributed by atoms with E-state index < -0.39 is 16.1 Å². The zero-order valence-electron chi connectivity index (χ0n) is 24.8. The van der Waals surface area contributed by atoms with Crippen LogP contribution in [0.1, 0.15) is 26.2 Å². The van der Waals surface area contributed by atoms with Crippen LogP contribution in [0.3, 0.4) is 0 Å². The number of rotatable bonds is 15.